The van der Waals surface area contributed by atoms with Crippen molar-refractivity contribution in [1.29, 1.82) is 0 Å². The van der Waals surface area contributed by atoms with Crippen LogP contribution in [0.4, 0.5) is 18.9 Å². The van der Waals surface area contributed by atoms with Crippen molar-refractivity contribution in [2.75, 3.05) is 12.4 Å². The lowest BCUT2D eigenvalue weighted by Gasteiger charge is -2.22. The summed E-state index contributed by atoms with van der Waals surface area (Å²) in [4.78, 5) is 26.1. The van der Waals surface area contributed by atoms with E-state index in [1.54, 1.807) is 55.5 Å². The minimum atomic E-state index is -2.83. The lowest BCUT2D eigenvalue weighted by Crippen LogP contribution is -2.40. The van der Waals surface area contributed by atoms with Gasteiger partial charge in [-0.15, -0.1) is 0 Å². The Bertz CT molecular complexity index is 1390. The van der Waals surface area contributed by atoms with E-state index in [2.05, 4.69) is 16.0 Å². The summed E-state index contributed by atoms with van der Waals surface area (Å²) in [5.41, 5.74) is 3.84. The third kappa shape index (κ3) is 7.28. The monoisotopic (exact) mass is 537 g/mol. The van der Waals surface area contributed by atoms with Crippen molar-refractivity contribution < 1.29 is 22.8 Å². The van der Waals surface area contributed by atoms with Gasteiger partial charge in [0.15, 0.2) is 0 Å². The van der Waals surface area contributed by atoms with Gasteiger partial charge in [0.05, 0.1) is 5.57 Å². The highest BCUT2D eigenvalue weighted by molar-refractivity contribution is 6.27. The number of halogens is 3. The lowest BCUT2D eigenvalue weighted by molar-refractivity contribution is -0.115. The van der Waals surface area contributed by atoms with E-state index in [4.69, 9.17) is 0 Å². The molecule has 3 aromatic rings. The number of nitrogens with one attached hydrogen (secondary N) is 3. The first kappa shape index (κ1) is 29.5. The molecule has 0 radical (unpaired) electrons. The smallest absolute Gasteiger partial charge is 0.312 e. The summed E-state index contributed by atoms with van der Waals surface area (Å²) in [6.07, 6.45) is 0.461. The highest BCUT2D eigenvalue weighted by atomic mass is 19.3. The number of carbonyl (C=O) groups is 2. The van der Waals surface area contributed by atoms with Gasteiger partial charge in [-0.1, -0.05) is 31.2 Å². The van der Waals surface area contributed by atoms with E-state index in [-0.39, 0.29) is 17.5 Å². The van der Waals surface area contributed by atoms with Crippen LogP contribution in [0.5, 0.6) is 0 Å². The molecule has 8 heteroatoms. The van der Waals surface area contributed by atoms with Crippen molar-refractivity contribution in [3.05, 3.63) is 88.7 Å². The third-order valence-electron chi connectivity index (χ3n) is 6.12. The minimum absolute atomic E-state index is 0.163. The average Bonchev–Trinajstić information content (AvgIpc) is 2.87. The summed E-state index contributed by atoms with van der Waals surface area (Å²) >= 11 is 0. The Morgan fingerprint density at radius 1 is 0.949 bits per heavy atom. The Morgan fingerprint density at radius 2 is 1.62 bits per heavy atom. The van der Waals surface area contributed by atoms with Crippen molar-refractivity contribution in [3.8, 4) is 11.1 Å². The number of hydrogen-bond acceptors (Lipinski definition) is 3. The summed E-state index contributed by atoms with van der Waals surface area (Å²) in [5, 5.41) is 7.78. The Morgan fingerprint density at radius 3 is 2.18 bits per heavy atom. The lowest BCUT2D eigenvalue weighted by atomic mass is 9.87. The Hall–Kier alpha value is -4.07. The van der Waals surface area contributed by atoms with Gasteiger partial charge in [0.1, 0.15) is 5.82 Å². The van der Waals surface area contributed by atoms with Gasteiger partial charge in [0.25, 0.3) is 11.8 Å². The van der Waals surface area contributed by atoms with Crippen molar-refractivity contribution in [1.82, 2.24) is 10.6 Å². The second-order valence-electron chi connectivity index (χ2n) is 10.2. The standard InChI is InChI=1S/C31H34F3N3O2/c1-7-23(19-11-13-22(32)14-12-19)27(29(39)35-6)24-17-25(26(15-18(24)2)36-30(33)34)20-9-8-10-21(16-20)28(38)37-31(3,4)5/h8-17,30,36H,7H2,1-6H3,(H,35,39)(H,37,38)/b27-23-. The zero-order valence-electron chi connectivity index (χ0n) is 23.0. The Labute approximate surface area is 227 Å². The van der Waals surface area contributed by atoms with E-state index in [0.29, 0.717) is 50.9 Å². The van der Waals surface area contributed by atoms with E-state index in [0.717, 1.165) is 0 Å². The van der Waals surface area contributed by atoms with Crippen LogP contribution in [0, 0.1) is 12.7 Å². The van der Waals surface area contributed by atoms with Crippen LogP contribution in [0.2, 0.25) is 0 Å². The largest absolute Gasteiger partial charge is 0.355 e. The maximum Gasteiger partial charge on any atom is 0.312 e. The summed E-state index contributed by atoms with van der Waals surface area (Å²) in [6.45, 7) is 6.40. The second kappa shape index (κ2) is 12.2. The van der Waals surface area contributed by atoms with Crippen LogP contribution in [0.1, 0.15) is 61.2 Å². The molecule has 0 aliphatic rings. The number of carbonyl (C=O) groups excluding carboxylic acids is 2. The molecule has 206 valence electrons. The predicted octanol–water partition coefficient (Wildman–Crippen LogP) is 7.03. The molecule has 3 rings (SSSR count). The summed E-state index contributed by atoms with van der Waals surface area (Å²) in [6, 6.07) is 15.8. The molecule has 0 heterocycles. The van der Waals surface area contributed by atoms with Crippen LogP contribution in [-0.2, 0) is 4.79 Å². The van der Waals surface area contributed by atoms with Crippen molar-refractivity contribution in [2.45, 2.75) is 53.1 Å². The van der Waals surface area contributed by atoms with Crippen LogP contribution >= 0.6 is 0 Å². The molecule has 0 atom stereocenters. The minimum Gasteiger partial charge on any atom is -0.355 e. The molecule has 0 aromatic heterocycles. The molecule has 0 saturated heterocycles. The first-order valence-electron chi connectivity index (χ1n) is 12.7. The number of alkyl halides is 2. The maximum atomic E-state index is 13.6. The van der Waals surface area contributed by atoms with Gasteiger partial charge in [-0.25, -0.2) is 4.39 Å². The molecular formula is C31H34F3N3O2. The third-order valence-corrected chi connectivity index (χ3v) is 6.12. The molecule has 0 fully saturated rings. The van der Waals surface area contributed by atoms with Gasteiger partial charge in [-0.05, 0) is 98.3 Å². The number of aryl methyl sites for hydroxylation is 1. The van der Waals surface area contributed by atoms with Crippen LogP contribution in [0.25, 0.3) is 22.3 Å². The SMILES string of the molecule is CC/C(=C(/C(=O)NC)c1cc(-c2cccc(C(=O)NC(C)(C)C)c2)c(NC(F)F)cc1C)c1ccc(F)cc1. The number of rotatable bonds is 8. The molecule has 0 unspecified atom stereocenters. The molecular weight excluding hydrogens is 503 g/mol. The fourth-order valence-corrected chi connectivity index (χ4v) is 4.42. The number of likely N-dealkylation sites (N-methyl/N-ethyl adjacent to an activating group) is 1. The topological polar surface area (TPSA) is 70.2 Å². The fourth-order valence-electron chi connectivity index (χ4n) is 4.42. The van der Waals surface area contributed by atoms with E-state index in [1.165, 1.54) is 19.2 Å². The molecule has 0 aliphatic carbocycles. The quantitative estimate of drug-likeness (QED) is 0.164. The molecule has 39 heavy (non-hydrogen) atoms. The highest BCUT2D eigenvalue weighted by Crippen LogP contribution is 2.38. The number of anilines is 1. The second-order valence-corrected chi connectivity index (χ2v) is 10.2. The Balaban J connectivity index is 2.30. The van der Waals surface area contributed by atoms with Crippen LogP contribution in [-0.4, -0.2) is 31.0 Å². The molecule has 5 nitrogen and oxygen atoms in total. The van der Waals surface area contributed by atoms with Gasteiger partial charge in [0.2, 0.25) is 0 Å². The molecule has 0 spiro atoms. The molecule has 0 bridgehead atoms. The van der Waals surface area contributed by atoms with Crippen LogP contribution in [0.3, 0.4) is 0 Å². The van der Waals surface area contributed by atoms with Gasteiger partial charge in [-0.3, -0.25) is 9.59 Å². The number of amides is 2. The summed E-state index contributed by atoms with van der Waals surface area (Å²) < 4.78 is 40.7. The first-order chi connectivity index (χ1) is 18.3. The summed E-state index contributed by atoms with van der Waals surface area (Å²) in [7, 11) is 1.51. The summed E-state index contributed by atoms with van der Waals surface area (Å²) in [5.74, 6) is -1.05. The van der Waals surface area contributed by atoms with Gasteiger partial charge >= 0.3 is 6.55 Å². The van der Waals surface area contributed by atoms with E-state index in [9.17, 15) is 22.8 Å². The van der Waals surface area contributed by atoms with Gasteiger partial charge in [-0.2, -0.15) is 8.78 Å². The predicted molar refractivity (Wildman–Crippen MR) is 151 cm³/mol. The molecule has 2 amide bonds. The van der Waals surface area contributed by atoms with Crippen LogP contribution < -0.4 is 16.0 Å². The highest BCUT2D eigenvalue weighted by Gasteiger charge is 2.23. The van der Waals surface area contributed by atoms with Gasteiger partial charge < -0.3 is 16.0 Å². The normalized spacial score (nSPS) is 12.2. The van der Waals surface area contributed by atoms with Crippen molar-refractivity contribution in [3.63, 3.8) is 0 Å². The number of hydrogen-bond donors (Lipinski definition) is 3. The van der Waals surface area contributed by atoms with Crippen LogP contribution in [0.15, 0.2) is 60.7 Å². The zero-order valence-corrected chi connectivity index (χ0v) is 23.0. The van der Waals surface area contributed by atoms with E-state index in [1.807, 2.05) is 27.7 Å². The van der Waals surface area contributed by atoms with Gasteiger partial charge in [0, 0.05) is 29.4 Å². The van der Waals surface area contributed by atoms with Crippen molar-refractivity contribution in [2.24, 2.45) is 0 Å². The number of benzene rings is 3. The van der Waals surface area contributed by atoms with Crippen molar-refractivity contribution >= 4 is 28.6 Å². The molecule has 3 aromatic carbocycles. The molecule has 0 saturated carbocycles. The van der Waals surface area contributed by atoms with E-state index >= 15 is 0 Å². The average molecular weight is 538 g/mol. The maximum absolute atomic E-state index is 13.6. The first-order valence-corrected chi connectivity index (χ1v) is 12.7. The number of allylic oxidation sites excluding steroid dienone is 1. The molecule has 3 N–H and O–H groups in total. The van der Waals surface area contributed by atoms with E-state index < -0.39 is 17.9 Å². The zero-order chi connectivity index (χ0) is 28.9. The molecule has 0 aliphatic heterocycles. The Kier molecular flexibility index (Phi) is 9.22. The fraction of sp³-hybridized carbons (Fsp3) is 0.290.